The van der Waals surface area contributed by atoms with Crippen LogP contribution in [0.1, 0.15) is 5.69 Å². The maximum atomic E-state index is 10.9. The summed E-state index contributed by atoms with van der Waals surface area (Å²) in [6.45, 7) is 0. The number of hydrogen-bond acceptors (Lipinski definition) is 4. The van der Waals surface area contributed by atoms with E-state index in [4.69, 9.17) is 0 Å². The van der Waals surface area contributed by atoms with Gasteiger partial charge in [0.15, 0.2) is 5.12 Å². The van der Waals surface area contributed by atoms with Gasteiger partial charge >= 0.3 is 0 Å². The Morgan fingerprint density at radius 3 is 2.92 bits per heavy atom. The highest BCUT2D eigenvalue weighted by Crippen LogP contribution is 2.00. The molecular weight excluding hydrogens is 176 g/mol. The summed E-state index contributed by atoms with van der Waals surface area (Å²) in [5, 5.41) is 5.99. The monoisotopic (exact) mass is 184 g/mol. The molecule has 0 atom stereocenters. The first-order valence-corrected chi connectivity index (χ1v) is 4.56. The number of nitrogens with zero attached hydrogens (tertiary/aromatic N) is 1. The van der Waals surface area contributed by atoms with Crippen molar-refractivity contribution in [2.24, 2.45) is 0 Å². The van der Waals surface area contributed by atoms with Gasteiger partial charge in [-0.1, -0.05) is 11.8 Å². The molecule has 0 aliphatic heterocycles. The molecule has 0 radical (unpaired) electrons. The summed E-state index contributed by atoms with van der Waals surface area (Å²) < 4.78 is 0. The molecule has 0 saturated heterocycles. The van der Waals surface area contributed by atoms with Gasteiger partial charge in [0.1, 0.15) is 0 Å². The summed E-state index contributed by atoms with van der Waals surface area (Å²) in [5.74, 6) is 0. The fraction of sp³-hybridized carbons (Fsp3) is 0.286. The van der Waals surface area contributed by atoms with E-state index in [1.165, 1.54) is 6.07 Å². The smallest absolute Gasteiger partial charge is 0.264 e. The molecule has 0 spiro atoms. The predicted molar refractivity (Wildman–Crippen MR) is 47.1 cm³/mol. The van der Waals surface area contributed by atoms with Crippen LogP contribution in [0, 0.1) is 0 Å². The van der Waals surface area contributed by atoms with Gasteiger partial charge in [-0.15, -0.1) is 0 Å². The van der Waals surface area contributed by atoms with Crippen LogP contribution >= 0.6 is 11.8 Å². The number of H-pyrrole nitrogens is 1. The van der Waals surface area contributed by atoms with Crippen molar-refractivity contribution < 1.29 is 4.79 Å². The molecule has 0 amide bonds. The van der Waals surface area contributed by atoms with Crippen LogP contribution in [-0.4, -0.2) is 21.6 Å². The van der Waals surface area contributed by atoms with Gasteiger partial charge in [-0.2, -0.15) is 5.10 Å². The zero-order chi connectivity index (χ0) is 8.97. The van der Waals surface area contributed by atoms with E-state index in [0.29, 0.717) is 5.69 Å². The summed E-state index contributed by atoms with van der Waals surface area (Å²) in [6, 6.07) is 2.91. The molecule has 1 aromatic heterocycles. The van der Waals surface area contributed by atoms with Gasteiger partial charge in [0.05, 0.1) is 12.1 Å². The highest BCUT2D eigenvalue weighted by atomic mass is 32.2. The van der Waals surface area contributed by atoms with Gasteiger partial charge in [0, 0.05) is 6.07 Å². The maximum Gasteiger partial charge on any atom is 0.264 e. The van der Waals surface area contributed by atoms with Gasteiger partial charge in [0.25, 0.3) is 5.56 Å². The van der Waals surface area contributed by atoms with Crippen molar-refractivity contribution in [1.82, 2.24) is 10.2 Å². The standard InChI is InChI=1S/C7H8N2O2S/c1-12-7(11)4-5-2-3-6(10)9-8-5/h2-3H,4H2,1H3,(H,9,10). The highest BCUT2D eigenvalue weighted by Gasteiger charge is 2.01. The lowest BCUT2D eigenvalue weighted by Crippen LogP contribution is -2.09. The van der Waals surface area contributed by atoms with Crippen LogP contribution in [0.5, 0.6) is 0 Å². The van der Waals surface area contributed by atoms with E-state index in [9.17, 15) is 9.59 Å². The molecule has 0 aliphatic rings. The molecule has 0 bridgehead atoms. The van der Waals surface area contributed by atoms with Crippen molar-refractivity contribution in [1.29, 1.82) is 0 Å². The first-order valence-electron chi connectivity index (χ1n) is 3.34. The number of hydrogen-bond donors (Lipinski definition) is 1. The number of aromatic nitrogens is 2. The second-order valence-corrected chi connectivity index (χ2v) is 3.03. The highest BCUT2D eigenvalue weighted by molar-refractivity contribution is 8.13. The van der Waals surface area contributed by atoms with Crippen LogP contribution in [0.4, 0.5) is 0 Å². The molecule has 1 rings (SSSR count). The lowest BCUT2D eigenvalue weighted by atomic mass is 10.3. The third-order valence-corrected chi connectivity index (χ3v) is 1.89. The van der Waals surface area contributed by atoms with Gasteiger partial charge < -0.3 is 0 Å². The molecular formula is C7H8N2O2S. The van der Waals surface area contributed by atoms with E-state index in [1.54, 1.807) is 12.3 Å². The largest absolute Gasteiger partial charge is 0.287 e. The summed E-state index contributed by atoms with van der Waals surface area (Å²) in [7, 11) is 0. The van der Waals surface area contributed by atoms with Gasteiger partial charge in [-0.25, -0.2) is 5.10 Å². The number of carbonyl (C=O) groups is 1. The minimum atomic E-state index is -0.254. The van der Waals surface area contributed by atoms with E-state index in [2.05, 4.69) is 10.2 Å². The minimum absolute atomic E-state index is 0.0366. The van der Waals surface area contributed by atoms with Gasteiger partial charge in [-0.3, -0.25) is 9.59 Å². The lowest BCUT2D eigenvalue weighted by molar-refractivity contribution is -0.110. The van der Waals surface area contributed by atoms with Crippen LogP contribution in [-0.2, 0) is 11.2 Å². The average molecular weight is 184 g/mol. The van der Waals surface area contributed by atoms with Crippen molar-refractivity contribution in [2.45, 2.75) is 6.42 Å². The number of nitrogens with one attached hydrogen (secondary N) is 1. The van der Waals surface area contributed by atoms with Gasteiger partial charge in [0.2, 0.25) is 0 Å². The summed E-state index contributed by atoms with van der Waals surface area (Å²) >= 11 is 1.15. The third-order valence-electron chi connectivity index (χ3n) is 1.29. The molecule has 12 heavy (non-hydrogen) atoms. The molecule has 0 unspecified atom stereocenters. The Labute approximate surface area is 73.4 Å². The summed E-state index contributed by atoms with van der Waals surface area (Å²) in [4.78, 5) is 21.5. The first-order chi connectivity index (χ1) is 5.72. The quantitative estimate of drug-likeness (QED) is 0.713. The van der Waals surface area contributed by atoms with E-state index < -0.39 is 0 Å². The van der Waals surface area contributed by atoms with Crippen LogP contribution in [0.15, 0.2) is 16.9 Å². The molecule has 5 heteroatoms. The van der Waals surface area contributed by atoms with Crippen LogP contribution < -0.4 is 5.56 Å². The molecule has 0 aliphatic carbocycles. The zero-order valence-electron chi connectivity index (χ0n) is 6.53. The fourth-order valence-electron chi connectivity index (χ4n) is 0.692. The van der Waals surface area contributed by atoms with E-state index in [1.807, 2.05) is 0 Å². The maximum absolute atomic E-state index is 10.9. The summed E-state index contributed by atoms with van der Waals surface area (Å²) in [6.07, 6.45) is 1.98. The predicted octanol–water partition coefficient (Wildman–Crippen LogP) is 0.202. The van der Waals surface area contributed by atoms with Crippen molar-refractivity contribution in [2.75, 3.05) is 6.26 Å². The first kappa shape index (κ1) is 8.99. The average Bonchev–Trinajstić information content (AvgIpc) is 2.09. The normalized spacial score (nSPS) is 9.75. The molecule has 1 heterocycles. The Kier molecular flexibility index (Phi) is 3.04. The number of carbonyl (C=O) groups excluding carboxylic acids is 1. The van der Waals surface area contributed by atoms with Gasteiger partial charge in [-0.05, 0) is 12.3 Å². The molecule has 0 fully saturated rings. The van der Waals surface area contributed by atoms with Crippen LogP contribution in [0.25, 0.3) is 0 Å². The van der Waals surface area contributed by atoms with Crippen LogP contribution in [0.2, 0.25) is 0 Å². The molecule has 4 nitrogen and oxygen atoms in total. The lowest BCUT2D eigenvalue weighted by Gasteiger charge is -1.94. The number of aromatic amines is 1. The van der Waals surface area contributed by atoms with Crippen molar-refractivity contribution in [3.8, 4) is 0 Å². The molecule has 1 aromatic rings. The Hall–Kier alpha value is -1.10. The fourth-order valence-corrected chi connectivity index (χ4v) is 0.984. The Morgan fingerprint density at radius 2 is 2.42 bits per heavy atom. The van der Waals surface area contributed by atoms with E-state index >= 15 is 0 Å². The molecule has 64 valence electrons. The van der Waals surface area contributed by atoms with Crippen LogP contribution in [0.3, 0.4) is 0 Å². The Morgan fingerprint density at radius 1 is 1.67 bits per heavy atom. The number of rotatable bonds is 2. The molecule has 1 N–H and O–H groups in total. The zero-order valence-corrected chi connectivity index (χ0v) is 7.35. The Bertz CT molecular complexity index is 314. The van der Waals surface area contributed by atoms with E-state index in [-0.39, 0.29) is 17.1 Å². The molecule has 0 saturated carbocycles. The second kappa shape index (κ2) is 4.06. The van der Waals surface area contributed by atoms with Crippen molar-refractivity contribution >= 4 is 16.9 Å². The molecule has 0 aromatic carbocycles. The minimum Gasteiger partial charge on any atom is -0.287 e. The second-order valence-electron chi connectivity index (χ2n) is 2.17. The van der Waals surface area contributed by atoms with E-state index in [0.717, 1.165) is 11.8 Å². The SMILES string of the molecule is CSC(=O)Cc1ccc(=O)[nH]n1. The topological polar surface area (TPSA) is 62.8 Å². The third kappa shape index (κ3) is 2.50. The summed E-state index contributed by atoms with van der Waals surface area (Å²) in [5.41, 5.74) is 0.337. The Balaban J connectivity index is 2.71. The van der Waals surface area contributed by atoms with Crippen molar-refractivity contribution in [3.05, 3.63) is 28.2 Å². The number of thioether (sulfide) groups is 1. The van der Waals surface area contributed by atoms with Crippen molar-refractivity contribution in [3.63, 3.8) is 0 Å².